The van der Waals surface area contributed by atoms with Gasteiger partial charge < -0.3 is 19.9 Å². The lowest BCUT2D eigenvalue weighted by Crippen LogP contribution is -2.44. The quantitative estimate of drug-likeness (QED) is 0.780. The van der Waals surface area contributed by atoms with Gasteiger partial charge >= 0.3 is 0 Å². The minimum Gasteiger partial charge on any atom is -0.497 e. The number of rotatable bonds is 6. The molecule has 5 heteroatoms. The molecule has 1 aliphatic carbocycles. The summed E-state index contributed by atoms with van der Waals surface area (Å²) in [6, 6.07) is 13.5. The van der Waals surface area contributed by atoms with Crippen molar-refractivity contribution in [1.29, 1.82) is 0 Å². The van der Waals surface area contributed by atoms with E-state index in [1.807, 2.05) is 42.5 Å². The van der Waals surface area contributed by atoms with Gasteiger partial charge in [0.25, 0.3) is 5.91 Å². The molecule has 2 aromatic carbocycles. The van der Waals surface area contributed by atoms with Crippen molar-refractivity contribution in [3.63, 3.8) is 0 Å². The molecule has 0 aromatic heterocycles. The van der Waals surface area contributed by atoms with Gasteiger partial charge in [-0.25, -0.2) is 0 Å². The van der Waals surface area contributed by atoms with Crippen molar-refractivity contribution in [1.82, 2.24) is 5.32 Å². The summed E-state index contributed by atoms with van der Waals surface area (Å²) in [7, 11) is 1.63. The second-order valence-corrected chi connectivity index (χ2v) is 8.75. The van der Waals surface area contributed by atoms with E-state index in [4.69, 9.17) is 9.47 Å². The van der Waals surface area contributed by atoms with Gasteiger partial charge in [-0.2, -0.15) is 0 Å². The fourth-order valence-electron chi connectivity index (χ4n) is 3.74. The number of methoxy groups -OCH3 is 1. The highest BCUT2D eigenvalue weighted by atomic mass is 16.5. The van der Waals surface area contributed by atoms with Gasteiger partial charge in [0.15, 0.2) is 6.61 Å². The number of carbonyl (C=O) groups is 1. The normalized spacial score (nSPS) is 18.7. The Morgan fingerprint density at radius 1 is 1.14 bits per heavy atom. The minimum absolute atomic E-state index is 0.0751. The summed E-state index contributed by atoms with van der Waals surface area (Å²) in [4.78, 5) is 12.3. The Kier molecular flexibility index (Phi) is 6.18. The van der Waals surface area contributed by atoms with Crippen LogP contribution in [0.5, 0.6) is 11.5 Å². The summed E-state index contributed by atoms with van der Waals surface area (Å²) in [6.07, 6.45) is 2.38. The summed E-state index contributed by atoms with van der Waals surface area (Å²) in [5.74, 6) is 1.18. The first-order valence-corrected chi connectivity index (χ1v) is 10.1. The summed E-state index contributed by atoms with van der Waals surface area (Å²) in [5, 5.41) is 14.0. The van der Waals surface area contributed by atoms with Crippen LogP contribution in [0.2, 0.25) is 0 Å². The van der Waals surface area contributed by atoms with Crippen LogP contribution in [-0.2, 0) is 22.2 Å². The molecule has 1 amide bonds. The summed E-state index contributed by atoms with van der Waals surface area (Å²) in [6.45, 7) is 6.54. The standard InChI is InChI=1S/C24H31NO4/c1-23(2,3)18-7-9-19(10-8-18)29-15-22(26)25-16-24(27)13-5-6-17-14-20(28-4)11-12-21(17)24/h7-12,14,27H,5-6,13,15-16H2,1-4H3,(H,25,26). The molecule has 29 heavy (non-hydrogen) atoms. The maximum Gasteiger partial charge on any atom is 0.258 e. The van der Waals surface area contributed by atoms with Crippen molar-refractivity contribution in [2.24, 2.45) is 0 Å². The van der Waals surface area contributed by atoms with Crippen molar-refractivity contribution >= 4 is 5.91 Å². The van der Waals surface area contributed by atoms with Crippen LogP contribution in [0.1, 0.15) is 50.3 Å². The number of ether oxygens (including phenoxy) is 2. The minimum atomic E-state index is -1.07. The number of hydrogen-bond acceptors (Lipinski definition) is 4. The number of nitrogens with one attached hydrogen (secondary N) is 1. The highest BCUT2D eigenvalue weighted by molar-refractivity contribution is 5.77. The number of fused-ring (bicyclic) bond motifs is 1. The molecule has 3 rings (SSSR count). The second-order valence-electron chi connectivity index (χ2n) is 8.75. The van der Waals surface area contributed by atoms with Crippen molar-refractivity contribution < 1.29 is 19.4 Å². The number of carbonyl (C=O) groups excluding carboxylic acids is 1. The molecular weight excluding hydrogens is 366 g/mol. The fourth-order valence-corrected chi connectivity index (χ4v) is 3.74. The molecule has 0 radical (unpaired) electrons. The van der Waals surface area contributed by atoms with Crippen molar-refractivity contribution in [3.8, 4) is 11.5 Å². The number of aryl methyl sites for hydroxylation is 1. The van der Waals surface area contributed by atoms with E-state index in [0.29, 0.717) is 12.2 Å². The average Bonchev–Trinajstić information content (AvgIpc) is 2.70. The Labute approximate surface area is 173 Å². The highest BCUT2D eigenvalue weighted by Crippen LogP contribution is 2.36. The van der Waals surface area contributed by atoms with Gasteiger partial charge in [-0.1, -0.05) is 39.0 Å². The predicted octanol–water partition coefficient (Wildman–Crippen LogP) is 3.71. The topological polar surface area (TPSA) is 67.8 Å². The van der Waals surface area contributed by atoms with Crippen molar-refractivity contribution in [2.45, 2.75) is 51.0 Å². The molecule has 0 saturated carbocycles. The molecule has 0 saturated heterocycles. The van der Waals surface area contributed by atoms with Crippen LogP contribution < -0.4 is 14.8 Å². The largest absolute Gasteiger partial charge is 0.497 e. The van der Waals surface area contributed by atoms with Crippen LogP contribution >= 0.6 is 0 Å². The van der Waals surface area contributed by atoms with Crippen LogP contribution in [0.25, 0.3) is 0 Å². The molecule has 1 aliphatic rings. The van der Waals surface area contributed by atoms with Gasteiger partial charge in [-0.05, 0) is 65.6 Å². The lowest BCUT2D eigenvalue weighted by molar-refractivity contribution is -0.124. The molecule has 156 valence electrons. The number of aliphatic hydroxyl groups is 1. The second kappa shape index (κ2) is 8.46. The third kappa shape index (κ3) is 5.10. The Balaban J connectivity index is 1.56. The van der Waals surface area contributed by atoms with E-state index in [1.54, 1.807) is 7.11 Å². The van der Waals surface area contributed by atoms with Gasteiger partial charge in [0.05, 0.1) is 13.7 Å². The maximum absolute atomic E-state index is 12.3. The maximum atomic E-state index is 12.3. The molecule has 0 spiro atoms. The Bertz CT molecular complexity index is 854. The SMILES string of the molecule is COc1ccc2c(c1)CCCC2(O)CNC(=O)COc1ccc(C(C)(C)C)cc1. The first-order chi connectivity index (χ1) is 13.7. The summed E-state index contributed by atoms with van der Waals surface area (Å²) >= 11 is 0. The fraction of sp³-hybridized carbons (Fsp3) is 0.458. The van der Waals surface area contributed by atoms with E-state index in [0.717, 1.165) is 29.7 Å². The van der Waals surface area contributed by atoms with Gasteiger partial charge in [-0.3, -0.25) is 4.79 Å². The molecule has 5 nitrogen and oxygen atoms in total. The van der Waals surface area contributed by atoms with E-state index >= 15 is 0 Å². The van der Waals surface area contributed by atoms with Gasteiger partial charge in [0, 0.05) is 0 Å². The van der Waals surface area contributed by atoms with E-state index in [2.05, 4.69) is 26.1 Å². The molecule has 0 aliphatic heterocycles. The zero-order valence-corrected chi connectivity index (χ0v) is 17.7. The van der Waals surface area contributed by atoms with Crippen molar-refractivity contribution in [3.05, 3.63) is 59.2 Å². The Morgan fingerprint density at radius 3 is 2.48 bits per heavy atom. The smallest absolute Gasteiger partial charge is 0.258 e. The zero-order chi connectivity index (χ0) is 21.1. The third-order valence-electron chi connectivity index (χ3n) is 5.52. The number of hydrogen-bond donors (Lipinski definition) is 2. The van der Waals surface area contributed by atoms with Gasteiger partial charge in [-0.15, -0.1) is 0 Å². The highest BCUT2D eigenvalue weighted by Gasteiger charge is 2.34. The van der Waals surface area contributed by atoms with Crippen LogP contribution in [0.15, 0.2) is 42.5 Å². The molecule has 2 aromatic rings. The molecule has 0 fully saturated rings. The number of amides is 1. The molecule has 0 bridgehead atoms. The predicted molar refractivity (Wildman–Crippen MR) is 113 cm³/mol. The molecular formula is C24H31NO4. The Morgan fingerprint density at radius 2 is 1.83 bits per heavy atom. The van der Waals surface area contributed by atoms with Crippen LogP contribution in [0, 0.1) is 0 Å². The summed E-state index contributed by atoms with van der Waals surface area (Å²) < 4.78 is 10.9. The Hall–Kier alpha value is -2.53. The van der Waals surface area contributed by atoms with Gasteiger partial charge in [0.1, 0.15) is 17.1 Å². The van der Waals surface area contributed by atoms with Gasteiger partial charge in [0.2, 0.25) is 0 Å². The number of benzene rings is 2. The zero-order valence-electron chi connectivity index (χ0n) is 17.7. The van der Waals surface area contributed by atoms with Crippen LogP contribution in [0.3, 0.4) is 0 Å². The lowest BCUT2D eigenvalue weighted by atomic mass is 9.79. The van der Waals surface area contributed by atoms with Crippen LogP contribution in [-0.4, -0.2) is 31.3 Å². The van der Waals surface area contributed by atoms with E-state index in [1.165, 1.54) is 5.56 Å². The molecule has 0 heterocycles. The first kappa shape index (κ1) is 21.2. The monoisotopic (exact) mass is 397 g/mol. The van der Waals surface area contributed by atoms with Crippen LogP contribution in [0.4, 0.5) is 0 Å². The van der Waals surface area contributed by atoms with Crippen molar-refractivity contribution in [2.75, 3.05) is 20.3 Å². The summed E-state index contributed by atoms with van der Waals surface area (Å²) in [5.41, 5.74) is 2.16. The van der Waals surface area contributed by atoms with E-state index in [-0.39, 0.29) is 24.5 Å². The molecule has 1 atom stereocenters. The third-order valence-corrected chi connectivity index (χ3v) is 5.52. The van der Waals surface area contributed by atoms with E-state index in [9.17, 15) is 9.90 Å². The molecule has 2 N–H and O–H groups in total. The first-order valence-electron chi connectivity index (χ1n) is 10.1. The average molecular weight is 398 g/mol. The lowest BCUT2D eigenvalue weighted by Gasteiger charge is -2.34. The molecule has 1 unspecified atom stereocenters. The van der Waals surface area contributed by atoms with E-state index < -0.39 is 5.60 Å².